The van der Waals surface area contributed by atoms with Crippen molar-refractivity contribution < 1.29 is 23.8 Å². The lowest BCUT2D eigenvalue weighted by atomic mass is 10.1. The second kappa shape index (κ2) is 6.23. The molecule has 0 saturated carbocycles. The number of hydrogen-bond acceptors (Lipinski definition) is 6. The molecule has 1 aliphatic rings. The number of nitrogens with zero attached hydrogens (tertiary/aromatic N) is 1. The van der Waals surface area contributed by atoms with Gasteiger partial charge in [-0.05, 0) is 30.5 Å². The zero-order valence-electron chi connectivity index (χ0n) is 13.2. The van der Waals surface area contributed by atoms with Crippen LogP contribution in [-0.4, -0.2) is 42.8 Å². The van der Waals surface area contributed by atoms with Gasteiger partial charge in [0.05, 0.1) is 12.7 Å². The highest BCUT2D eigenvalue weighted by molar-refractivity contribution is 6.01. The predicted octanol–water partition coefficient (Wildman–Crippen LogP) is 1.22. The average Bonchev–Trinajstić information content (AvgIpc) is 2.88. The van der Waals surface area contributed by atoms with Crippen molar-refractivity contribution in [2.45, 2.75) is 19.1 Å². The van der Waals surface area contributed by atoms with E-state index in [9.17, 15) is 9.59 Å². The Morgan fingerprint density at radius 1 is 1.46 bits per heavy atom. The Hall–Kier alpha value is -3.03. The maximum Gasteiger partial charge on any atom is 0.407 e. The van der Waals surface area contributed by atoms with Crippen molar-refractivity contribution in [1.29, 1.82) is 0 Å². The largest absolute Gasteiger partial charge is 0.496 e. The third kappa shape index (κ3) is 2.90. The molecule has 1 saturated heterocycles. The molecule has 0 bridgehead atoms. The van der Waals surface area contributed by atoms with Crippen LogP contribution in [0.25, 0.3) is 10.8 Å². The molecule has 0 unspecified atom stereocenters. The number of nitrogens with two attached hydrogens (primary N) is 1. The van der Waals surface area contributed by atoms with Gasteiger partial charge in [0, 0.05) is 11.6 Å². The van der Waals surface area contributed by atoms with Gasteiger partial charge in [0.2, 0.25) is 5.88 Å². The number of aromatic nitrogens is 1. The van der Waals surface area contributed by atoms with E-state index in [4.69, 9.17) is 19.9 Å². The number of methoxy groups -OCH3 is 1. The van der Waals surface area contributed by atoms with E-state index in [1.54, 1.807) is 31.3 Å². The molecule has 1 aromatic heterocycles. The summed E-state index contributed by atoms with van der Waals surface area (Å²) in [5.74, 6) is 0.140. The molecule has 8 heteroatoms. The van der Waals surface area contributed by atoms with E-state index in [-0.39, 0.29) is 24.3 Å². The van der Waals surface area contributed by atoms with E-state index in [0.717, 1.165) is 5.39 Å². The summed E-state index contributed by atoms with van der Waals surface area (Å²) in [6.07, 6.45) is 0.820. The Balaban J connectivity index is 1.91. The van der Waals surface area contributed by atoms with Crippen LogP contribution in [0.4, 0.5) is 4.79 Å². The van der Waals surface area contributed by atoms with Crippen molar-refractivity contribution in [2.75, 3.05) is 13.7 Å². The summed E-state index contributed by atoms with van der Waals surface area (Å²) in [4.78, 5) is 26.9. The van der Waals surface area contributed by atoms with E-state index < -0.39 is 12.0 Å². The van der Waals surface area contributed by atoms with Crippen molar-refractivity contribution in [3.05, 3.63) is 30.0 Å². The molecule has 0 radical (unpaired) electrons. The van der Waals surface area contributed by atoms with Gasteiger partial charge in [-0.2, -0.15) is 0 Å². The van der Waals surface area contributed by atoms with Gasteiger partial charge in [-0.1, -0.05) is 0 Å². The van der Waals surface area contributed by atoms with Crippen LogP contribution in [0, 0.1) is 0 Å². The number of nitrogens with one attached hydrogen (secondary N) is 1. The van der Waals surface area contributed by atoms with E-state index in [2.05, 4.69) is 10.3 Å². The minimum absolute atomic E-state index is 0.207. The van der Waals surface area contributed by atoms with E-state index >= 15 is 0 Å². The van der Waals surface area contributed by atoms with Gasteiger partial charge in [0.1, 0.15) is 24.5 Å². The lowest BCUT2D eigenvalue weighted by molar-refractivity contribution is 0.0997. The molecule has 1 aliphatic heterocycles. The van der Waals surface area contributed by atoms with Crippen LogP contribution in [0.2, 0.25) is 0 Å². The van der Waals surface area contributed by atoms with Crippen LogP contribution in [0.1, 0.15) is 17.3 Å². The molecule has 1 fully saturated rings. The molecule has 0 aliphatic carbocycles. The summed E-state index contributed by atoms with van der Waals surface area (Å²) in [7, 11) is 1.46. The third-order valence-corrected chi connectivity index (χ3v) is 3.88. The number of carbonyl (C=O) groups is 2. The second-order valence-corrected chi connectivity index (χ2v) is 5.43. The Morgan fingerprint density at radius 2 is 2.25 bits per heavy atom. The molecule has 2 amide bonds. The first-order valence-corrected chi connectivity index (χ1v) is 7.36. The molecule has 2 heterocycles. The maximum absolute atomic E-state index is 11.5. The first-order valence-electron chi connectivity index (χ1n) is 7.36. The standard InChI is InChI=1S/C16H17N3O5/c1-8-12(19-16(21)24-8)7-23-15-10-6-13(22-2)11(14(17)20)5-9(10)3-4-18-15/h3-6,8,12H,7H2,1-2H3,(H2,17,20)(H,19,21)/t8-,12-/m1/s1. The minimum atomic E-state index is -0.576. The molecule has 8 nitrogen and oxygen atoms in total. The lowest BCUT2D eigenvalue weighted by Crippen LogP contribution is -2.36. The molecule has 24 heavy (non-hydrogen) atoms. The van der Waals surface area contributed by atoms with E-state index in [0.29, 0.717) is 17.0 Å². The lowest BCUT2D eigenvalue weighted by Gasteiger charge is -2.15. The van der Waals surface area contributed by atoms with Crippen LogP contribution < -0.4 is 20.5 Å². The van der Waals surface area contributed by atoms with Crippen molar-refractivity contribution in [3.8, 4) is 11.6 Å². The fourth-order valence-electron chi connectivity index (χ4n) is 2.55. The zero-order valence-corrected chi connectivity index (χ0v) is 13.2. The summed E-state index contributed by atoms with van der Waals surface area (Å²) in [5, 5.41) is 4.09. The van der Waals surface area contributed by atoms with Crippen LogP contribution in [0.3, 0.4) is 0 Å². The number of rotatable bonds is 5. The number of cyclic esters (lactones) is 1. The molecular weight excluding hydrogens is 314 g/mol. The summed E-state index contributed by atoms with van der Waals surface area (Å²) in [5.41, 5.74) is 5.65. The fraction of sp³-hybridized carbons (Fsp3) is 0.312. The predicted molar refractivity (Wildman–Crippen MR) is 85.2 cm³/mol. The van der Waals surface area contributed by atoms with Crippen LogP contribution >= 0.6 is 0 Å². The molecule has 0 spiro atoms. The topological polar surface area (TPSA) is 113 Å². The van der Waals surface area contributed by atoms with Gasteiger partial charge in [-0.15, -0.1) is 0 Å². The van der Waals surface area contributed by atoms with Gasteiger partial charge in [0.25, 0.3) is 5.91 Å². The van der Waals surface area contributed by atoms with Crippen LogP contribution in [0.15, 0.2) is 24.4 Å². The van der Waals surface area contributed by atoms with Crippen molar-refractivity contribution >= 4 is 22.8 Å². The van der Waals surface area contributed by atoms with Crippen LogP contribution in [0.5, 0.6) is 11.6 Å². The molecule has 3 rings (SSSR count). The normalized spacial score (nSPS) is 19.7. The summed E-state index contributed by atoms with van der Waals surface area (Å²) >= 11 is 0. The van der Waals surface area contributed by atoms with Crippen LogP contribution in [-0.2, 0) is 4.74 Å². The molecule has 1 aromatic carbocycles. The van der Waals surface area contributed by atoms with Gasteiger partial charge in [-0.25, -0.2) is 9.78 Å². The van der Waals surface area contributed by atoms with E-state index in [1.165, 1.54) is 7.11 Å². The average molecular weight is 331 g/mol. The fourth-order valence-corrected chi connectivity index (χ4v) is 2.55. The van der Waals surface area contributed by atoms with Gasteiger partial charge >= 0.3 is 6.09 Å². The van der Waals surface area contributed by atoms with Crippen molar-refractivity contribution in [3.63, 3.8) is 0 Å². The molecule has 2 aromatic rings. The van der Waals surface area contributed by atoms with Crippen molar-refractivity contribution in [2.24, 2.45) is 5.73 Å². The van der Waals surface area contributed by atoms with E-state index in [1.807, 2.05) is 0 Å². The van der Waals surface area contributed by atoms with Crippen molar-refractivity contribution in [1.82, 2.24) is 10.3 Å². The first-order chi connectivity index (χ1) is 11.5. The smallest absolute Gasteiger partial charge is 0.407 e. The quantitative estimate of drug-likeness (QED) is 0.852. The maximum atomic E-state index is 11.5. The SMILES string of the molecule is COc1cc2c(OC[C@H]3NC(=O)O[C@@H]3C)nccc2cc1C(N)=O. The number of carbonyl (C=O) groups excluding carboxylic acids is 2. The Kier molecular flexibility index (Phi) is 4.11. The summed E-state index contributed by atoms with van der Waals surface area (Å²) in [6, 6.07) is 4.78. The molecular formula is C16H17N3O5. The number of benzene rings is 1. The highest BCUT2D eigenvalue weighted by atomic mass is 16.6. The highest BCUT2D eigenvalue weighted by Crippen LogP contribution is 2.30. The number of pyridine rings is 1. The number of fused-ring (bicyclic) bond motifs is 1. The minimum Gasteiger partial charge on any atom is -0.496 e. The number of ether oxygens (including phenoxy) is 3. The zero-order chi connectivity index (χ0) is 17.3. The Labute approximate surface area is 137 Å². The molecule has 126 valence electrons. The van der Waals surface area contributed by atoms with Gasteiger partial charge in [-0.3, -0.25) is 4.79 Å². The van der Waals surface area contributed by atoms with Gasteiger partial charge < -0.3 is 25.3 Å². The second-order valence-electron chi connectivity index (χ2n) is 5.43. The number of alkyl carbamates (subject to hydrolysis) is 1. The first kappa shape index (κ1) is 15.9. The Bertz CT molecular complexity index is 808. The number of hydrogen-bond donors (Lipinski definition) is 2. The molecule has 3 N–H and O–H groups in total. The highest BCUT2D eigenvalue weighted by Gasteiger charge is 2.31. The summed E-state index contributed by atoms with van der Waals surface area (Å²) < 4.78 is 16.0. The number of primary amides is 1. The summed E-state index contributed by atoms with van der Waals surface area (Å²) in [6.45, 7) is 1.99. The third-order valence-electron chi connectivity index (χ3n) is 3.88. The number of amides is 2. The monoisotopic (exact) mass is 331 g/mol. The Morgan fingerprint density at radius 3 is 2.88 bits per heavy atom. The van der Waals surface area contributed by atoms with Gasteiger partial charge in [0.15, 0.2) is 0 Å². The molecule has 2 atom stereocenters.